The summed E-state index contributed by atoms with van der Waals surface area (Å²) in [5.41, 5.74) is 4.43. The fourth-order valence-corrected chi connectivity index (χ4v) is 3.27. The lowest BCUT2D eigenvalue weighted by Crippen LogP contribution is -2.30. The van der Waals surface area contributed by atoms with E-state index in [2.05, 4.69) is 17.4 Å². The molecule has 0 spiro atoms. The van der Waals surface area contributed by atoms with E-state index in [1.807, 2.05) is 19.1 Å². The van der Waals surface area contributed by atoms with Crippen LogP contribution in [0.5, 0.6) is 5.75 Å². The Morgan fingerprint density at radius 2 is 1.88 bits per heavy atom. The van der Waals surface area contributed by atoms with E-state index in [0.29, 0.717) is 5.02 Å². The molecule has 0 bridgehead atoms. The van der Waals surface area contributed by atoms with E-state index in [-0.39, 0.29) is 5.91 Å². The SMILES string of the molecule is Cc1cc(Cl)ccc1NC(=O)[C@H](C)Oc1ccc2c(c1)CCCC2. The van der Waals surface area contributed by atoms with Gasteiger partial charge in [-0.1, -0.05) is 17.7 Å². The summed E-state index contributed by atoms with van der Waals surface area (Å²) >= 11 is 5.94. The summed E-state index contributed by atoms with van der Waals surface area (Å²) < 4.78 is 5.84. The van der Waals surface area contributed by atoms with Crippen LogP contribution in [0.4, 0.5) is 5.69 Å². The van der Waals surface area contributed by atoms with E-state index in [1.54, 1.807) is 19.1 Å². The molecule has 2 aromatic rings. The van der Waals surface area contributed by atoms with Crippen LogP contribution in [0.3, 0.4) is 0 Å². The molecule has 24 heavy (non-hydrogen) atoms. The molecule has 0 saturated carbocycles. The number of carbonyl (C=O) groups excluding carboxylic acids is 1. The molecule has 0 unspecified atom stereocenters. The van der Waals surface area contributed by atoms with Crippen LogP contribution in [0, 0.1) is 6.92 Å². The van der Waals surface area contributed by atoms with Gasteiger partial charge in [-0.25, -0.2) is 0 Å². The number of carbonyl (C=O) groups is 1. The maximum atomic E-state index is 12.4. The Labute approximate surface area is 148 Å². The first-order valence-corrected chi connectivity index (χ1v) is 8.76. The highest BCUT2D eigenvalue weighted by atomic mass is 35.5. The second-order valence-corrected chi connectivity index (χ2v) is 6.78. The van der Waals surface area contributed by atoms with Crippen LogP contribution in [-0.4, -0.2) is 12.0 Å². The summed E-state index contributed by atoms with van der Waals surface area (Å²) in [4.78, 5) is 12.4. The Morgan fingerprint density at radius 3 is 2.62 bits per heavy atom. The first kappa shape index (κ1) is 16.8. The van der Waals surface area contributed by atoms with E-state index < -0.39 is 6.10 Å². The van der Waals surface area contributed by atoms with Gasteiger partial charge in [-0.2, -0.15) is 0 Å². The minimum absolute atomic E-state index is 0.168. The van der Waals surface area contributed by atoms with Gasteiger partial charge in [0.05, 0.1) is 0 Å². The minimum atomic E-state index is -0.568. The first-order valence-electron chi connectivity index (χ1n) is 8.38. The number of hydrogen-bond donors (Lipinski definition) is 1. The summed E-state index contributed by atoms with van der Waals surface area (Å²) in [6, 6.07) is 11.6. The molecule has 3 rings (SSSR count). The number of aryl methyl sites for hydroxylation is 3. The highest BCUT2D eigenvalue weighted by Crippen LogP contribution is 2.26. The number of ether oxygens (including phenoxy) is 1. The predicted molar refractivity (Wildman–Crippen MR) is 98.0 cm³/mol. The van der Waals surface area contributed by atoms with Gasteiger partial charge in [-0.05, 0) is 86.6 Å². The average Bonchev–Trinajstić information content (AvgIpc) is 2.57. The number of benzene rings is 2. The van der Waals surface area contributed by atoms with Gasteiger partial charge in [0.1, 0.15) is 5.75 Å². The van der Waals surface area contributed by atoms with Crippen molar-refractivity contribution in [3.8, 4) is 5.75 Å². The topological polar surface area (TPSA) is 38.3 Å². The standard InChI is InChI=1S/C20H22ClNO2/c1-13-11-17(21)8-10-19(13)22-20(23)14(2)24-18-9-7-15-5-3-4-6-16(15)12-18/h7-12,14H,3-6H2,1-2H3,(H,22,23)/t14-/m0/s1. The van der Waals surface area contributed by atoms with Gasteiger partial charge in [0.15, 0.2) is 6.10 Å². The van der Waals surface area contributed by atoms with E-state index in [1.165, 1.54) is 24.0 Å². The number of anilines is 1. The molecule has 3 nitrogen and oxygen atoms in total. The largest absolute Gasteiger partial charge is 0.481 e. The Balaban J connectivity index is 1.65. The fraction of sp³-hybridized carbons (Fsp3) is 0.350. The number of amides is 1. The number of fused-ring (bicyclic) bond motifs is 1. The molecule has 0 saturated heterocycles. The quantitative estimate of drug-likeness (QED) is 0.854. The van der Waals surface area contributed by atoms with Crippen molar-refractivity contribution in [2.24, 2.45) is 0 Å². The van der Waals surface area contributed by atoms with Crippen molar-refractivity contribution in [2.45, 2.75) is 45.6 Å². The monoisotopic (exact) mass is 343 g/mol. The van der Waals surface area contributed by atoms with Crippen LogP contribution in [0.1, 0.15) is 36.5 Å². The summed E-state index contributed by atoms with van der Waals surface area (Å²) in [6.07, 6.45) is 4.15. The van der Waals surface area contributed by atoms with Crippen LogP contribution in [0.15, 0.2) is 36.4 Å². The molecule has 1 atom stereocenters. The maximum absolute atomic E-state index is 12.4. The van der Waals surface area contributed by atoms with Gasteiger partial charge in [0.2, 0.25) is 0 Å². The van der Waals surface area contributed by atoms with E-state index >= 15 is 0 Å². The molecule has 0 aromatic heterocycles. The van der Waals surface area contributed by atoms with Gasteiger partial charge in [-0.3, -0.25) is 4.79 Å². The van der Waals surface area contributed by atoms with Gasteiger partial charge >= 0.3 is 0 Å². The van der Waals surface area contributed by atoms with Crippen LogP contribution >= 0.6 is 11.6 Å². The number of rotatable bonds is 4. The zero-order valence-corrected chi connectivity index (χ0v) is 14.8. The number of nitrogens with one attached hydrogen (secondary N) is 1. The second kappa shape index (κ2) is 7.27. The van der Waals surface area contributed by atoms with Crippen LogP contribution in [0.25, 0.3) is 0 Å². The third kappa shape index (κ3) is 3.90. The summed E-state index contributed by atoms with van der Waals surface area (Å²) in [5, 5.41) is 3.55. The van der Waals surface area contributed by atoms with Crippen LogP contribution < -0.4 is 10.1 Å². The second-order valence-electron chi connectivity index (χ2n) is 6.35. The van der Waals surface area contributed by atoms with E-state index in [9.17, 15) is 4.79 Å². The highest BCUT2D eigenvalue weighted by Gasteiger charge is 2.17. The molecular weight excluding hydrogens is 322 g/mol. The molecule has 1 N–H and O–H groups in total. The summed E-state index contributed by atoms with van der Waals surface area (Å²) in [7, 11) is 0. The van der Waals surface area contributed by atoms with Crippen molar-refractivity contribution in [1.29, 1.82) is 0 Å². The smallest absolute Gasteiger partial charge is 0.265 e. The molecule has 1 aliphatic rings. The predicted octanol–water partition coefficient (Wildman–Crippen LogP) is 4.93. The third-order valence-corrected chi connectivity index (χ3v) is 4.68. The molecule has 2 aromatic carbocycles. The Hall–Kier alpha value is -2.00. The van der Waals surface area contributed by atoms with Crippen LogP contribution in [-0.2, 0) is 17.6 Å². The molecule has 1 aliphatic carbocycles. The summed E-state index contributed by atoms with van der Waals surface area (Å²) in [5.74, 6) is 0.587. The maximum Gasteiger partial charge on any atom is 0.265 e. The van der Waals surface area contributed by atoms with Crippen molar-refractivity contribution in [1.82, 2.24) is 0 Å². The molecule has 1 amide bonds. The molecule has 0 aliphatic heterocycles. The van der Waals surface area contributed by atoms with Gasteiger partial charge in [-0.15, -0.1) is 0 Å². The highest BCUT2D eigenvalue weighted by molar-refractivity contribution is 6.30. The Morgan fingerprint density at radius 1 is 1.12 bits per heavy atom. The molecule has 0 fully saturated rings. The van der Waals surface area contributed by atoms with Gasteiger partial charge in [0, 0.05) is 10.7 Å². The number of hydrogen-bond acceptors (Lipinski definition) is 2. The lowest BCUT2D eigenvalue weighted by atomic mass is 9.92. The Bertz CT molecular complexity index is 757. The van der Waals surface area contributed by atoms with Gasteiger partial charge in [0.25, 0.3) is 5.91 Å². The van der Waals surface area contributed by atoms with E-state index in [0.717, 1.165) is 29.8 Å². The lowest BCUT2D eigenvalue weighted by molar-refractivity contribution is -0.122. The Kier molecular flexibility index (Phi) is 5.10. The molecule has 4 heteroatoms. The molecular formula is C20H22ClNO2. The minimum Gasteiger partial charge on any atom is -0.481 e. The van der Waals surface area contributed by atoms with Crippen molar-refractivity contribution in [3.05, 3.63) is 58.1 Å². The van der Waals surface area contributed by atoms with Crippen molar-refractivity contribution >= 4 is 23.2 Å². The molecule has 0 heterocycles. The third-order valence-electron chi connectivity index (χ3n) is 4.45. The van der Waals surface area contributed by atoms with Gasteiger partial charge < -0.3 is 10.1 Å². The zero-order chi connectivity index (χ0) is 17.1. The molecule has 126 valence electrons. The van der Waals surface area contributed by atoms with Crippen molar-refractivity contribution in [2.75, 3.05) is 5.32 Å². The lowest BCUT2D eigenvalue weighted by Gasteiger charge is -2.19. The zero-order valence-electron chi connectivity index (χ0n) is 14.1. The summed E-state index contributed by atoms with van der Waals surface area (Å²) in [6.45, 7) is 3.68. The van der Waals surface area contributed by atoms with Crippen LogP contribution in [0.2, 0.25) is 5.02 Å². The normalized spacial score (nSPS) is 14.6. The number of halogens is 1. The van der Waals surface area contributed by atoms with Crippen molar-refractivity contribution < 1.29 is 9.53 Å². The molecule has 0 radical (unpaired) electrons. The first-order chi connectivity index (χ1) is 11.5. The van der Waals surface area contributed by atoms with E-state index in [4.69, 9.17) is 16.3 Å². The fourth-order valence-electron chi connectivity index (χ4n) is 3.04. The average molecular weight is 344 g/mol. The van der Waals surface area contributed by atoms with Crippen molar-refractivity contribution in [3.63, 3.8) is 0 Å².